The molecule has 154 valence electrons. The molecule has 0 saturated carbocycles. The number of aromatic nitrogens is 3. The molecule has 3 heterocycles. The van der Waals surface area contributed by atoms with Crippen LogP contribution in [-0.4, -0.2) is 38.2 Å². The molecule has 1 atom stereocenters. The lowest BCUT2D eigenvalue weighted by atomic mass is 9.95. The number of aromatic amines is 1. The number of carbonyl (C=O) groups is 1. The Morgan fingerprint density at radius 2 is 1.97 bits per heavy atom. The number of hydrogen-bond acceptors (Lipinski definition) is 5. The van der Waals surface area contributed by atoms with Gasteiger partial charge in [-0.15, -0.1) is 0 Å². The first-order valence-corrected chi connectivity index (χ1v) is 9.88. The van der Waals surface area contributed by atoms with E-state index in [1.54, 1.807) is 29.4 Å². The van der Waals surface area contributed by atoms with Gasteiger partial charge in [-0.05, 0) is 29.3 Å². The maximum absolute atomic E-state index is 13.4. The number of hydrogen-bond donors (Lipinski definition) is 2. The predicted octanol–water partition coefficient (Wildman–Crippen LogP) is 3.93. The van der Waals surface area contributed by atoms with Gasteiger partial charge in [-0.25, -0.2) is 0 Å². The molecule has 2 aromatic carbocycles. The van der Waals surface area contributed by atoms with E-state index in [0.717, 1.165) is 27.9 Å². The van der Waals surface area contributed by atoms with E-state index < -0.39 is 6.04 Å². The summed E-state index contributed by atoms with van der Waals surface area (Å²) in [7, 11) is 1.50. The van der Waals surface area contributed by atoms with Gasteiger partial charge in [-0.1, -0.05) is 42.5 Å². The summed E-state index contributed by atoms with van der Waals surface area (Å²) < 4.78 is 5.32. The highest BCUT2D eigenvalue weighted by molar-refractivity contribution is 6.00. The van der Waals surface area contributed by atoms with Crippen LogP contribution in [0, 0.1) is 0 Å². The van der Waals surface area contributed by atoms with Crippen LogP contribution in [0.3, 0.4) is 0 Å². The summed E-state index contributed by atoms with van der Waals surface area (Å²) in [4.78, 5) is 19.4. The van der Waals surface area contributed by atoms with Crippen molar-refractivity contribution in [3.05, 3.63) is 95.4 Å². The van der Waals surface area contributed by atoms with Crippen LogP contribution in [-0.2, 0) is 6.54 Å². The molecule has 1 aliphatic rings. The lowest BCUT2D eigenvalue weighted by molar-refractivity contribution is 0.0729. The Morgan fingerprint density at radius 3 is 2.71 bits per heavy atom. The van der Waals surface area contributed by atoms with Crippen molar-refractivity contribution in [1.29, 1.82) is 0 Å². The van der Waals surface area contributed by atoms with E-state index in [0.29, 0.717) is 18.0 Å². The molecule has 2 N–H and O–H groups in total. The minimum absolute atomic E-state index is 0.0464. The first-order chi connectivity index (χ1) is 15.2. The van der Waals surface area contributed by atoms with Gasteiger partial charge in [0.15, 0.2) is 11.5 Å². The van der Waals surface area contributed by atoms with Gasteiger partial charge in [0, 0.05) is 30.1 Å². The third-order valence-corrected chi connectivity index (χ3v) is 5.51. The van der Waals surface area contributed by atoms with E-state index in [1.165, 1.54) is 7.11 Å². The molecule has 0 bridgehead atoms. The van der Waals surface area contributed by atoms with E-state index in [1.807, 2.05) is 48.5 Å². The van der Waals surface area contributed by atoms with Gasteiger partial charge in [-0.3, -0.25) is 14.9 Å². The molecule has 31 heavy (non-hydrogen) atoms. The molecule has 7 heteroatoms. The standard InChI is InChI=1S/C24H20N4O3/c1-31-19-12-17(9-10-18(19)29)23-20-21(16-7-3-2-4-8-16)26-27-22(20)24(30)28(23)14-15-6-5-11-25-13-15/h2-13,23,29H,14H2,1H3,(H,26,27). The minimum Gasteiger partial charge on any atom is -0.504 e. The van der Waals surface area contributed by atoms with Crippen LogP contribution < -0.4 is 4.74 Å². The molecule has 0 fully saturated rings. The van der Waals surface area contributed by atoms with Crippen LogP contribution in [0.25, 0.3) is 11.3 Å². The van der Waals surface area contributed by atoms with Gasteiger partial charge < -0.3 is 14.7 Å². The Kier molecular flexibility index (Phi) is 4.63. The Morgan fingerprint density at radius 1 is 1.13 bits per heavy atom. The number of aromatic hydroxyl groups is 1. The number of phenolic OH excluding ortho intramolecular Hbond substituents is 1. The van der Waals surface area contributed by atoms with Crippen LogP contribution in [0.15, 0.2) is 73.1 Å². The number of carbonyl (C=O) groups excluding carboxylic acids is 1. The van der Waals surface area contributed by atoms with Crippen molar-refractivity contribution < 1.29 is 14.6 Å². The van der Waals surface area contributed by atoms with Crippen molar-refractivity contribution in [1.82, 2.24) is 20.1 Å². The Hall–Kier alpha value is -4.13. The summed E-state index contributed by atoms with van der Waals surface area (Å²) in [5, 5.41) is 17.5. The number of rotatable bonds is 5. The van der Waals surface area contributed by atoms with Gasteiger partial charge in [0.1, 0.15) is 5.69 Å². The van der Waals surface area contributed by atoms with Crippen molar-refractivity contribution in [3.8, 4) is 22.8 Å². The van der Waals surface area contributed by atoms with Crippen molar-refractivity contribution in [2.24, 2.45) is 0 Å². The quantitative estimate of drug-likeness (QED) is 0.518. The van der Waals surface area contributed by atoms with Crippen molar-refractivity contribution >= 4 is 5.91 Å². The van der Waals surface area contributed by atoms with Gasteiger partial charge in [0.05, 0.1) is 18.8 Å². The van der Waals surface area contributed by atoms with Crippen LogP contribution >= 0.6 is 0 Å². The van der Waals surface area contributed by atoms with Crippen LogP contribution in [0.4, 0.5) is 0 Å². The fourth-order valence-electron chi connectivity index (χ4n) is 4.08. The van der Waals surface area contributed by atoms with Gasteiger partial charge in [0.2, 0.25) is 0 Å². The first-order valence-electron chi connectivity index (χ1n) is 9.88. The molecule has 1 aliphatic heterocycles. The smallest absolute Gasteiger partial charge is 0.273 e. The second kappa shape index (κ2) is 7.60. The SMILES string of the molecule is COc1cc(C2c3c(-c4ccccc4)n[nH]c3C(=O)N2Cc2cccnc2)ccc1O. The topological polar surface area (TPSA) is 91.3 Å². The zero-order valence-electron chi connectivity index (χ0n) is 16.8. The fourth-order valence-corrected chi connectivity index (χ4v) is 4.08. The van der Waals surface area contributed by atoms with Crippen molar-refractivity contribution in [2.75, 3.05) is 7.11 Å². The summed E-state index contributed by atoms with van der Waals surface area (Å²) in [5.74, 6) is 0.264. The highest BCUT2D eigenvalue weighted by Gasteiger charge is 2.42. The van der Waals surface area contributed by atoms with Crippen LogP contribution in [0.5, 0.6) is 11.5 Å². The van der Waals surface area contributed by atoms with Gasteiger partial charge >= 0.3 is 0 Å². The molecular formula is C24H20N4O3. The summed E-state index contributed by atoms with van der Waals surface area (Å²) in [6.07, 6.45) is 3.46. The molecular weight excluding hydrogens is 392 g/mol. The third kappa shape index (κ3) is 3.20. The molecule has 1 amide bonds. The maximum Gasteiger partial charge on any atom is 0.273 e. The van der Waals surface area contributed by atoms with Crippen molar-refractivity contribution in [2.45, 2.75) is 12.6 Å². The zero-order chi connectivity index (χ0) is 21.4. The number of pyridine rings is 1. The Balaban J connectivity index is 1.67. The highest BCUT2D eigenvalue weighted by Crippen LogP contribution is 2.44. The third-order valence-electron chi connectivity index (χ3n) is 5.51. The number of ether oxygens (including phenoxy) is 1. The summed E-state index contributed by atoms with van der Waals surface area (Å²) in [6, 6.07) is 18.3. The summed E-state index contributed by atoms with van der Waals surface area (Å²) >= 11 is 0. The summed E-state index contributed by atoms with van der Waals surface area (Å²) in [5.41, 5.74) is 4.68. The molecule has 0 spiro atoms. The van der Waals surface area contributed by atoms with Gasteiger partial charge in [0.25, 0.3) is 5.91 Å². The minimum atomic E-state index is -0.397. The van der Waals surface area contributed by atoms with E-state index in [9.17, 15) is 9.90 Å². The number of benzene rings is 2. The number of nitrogens with zero attached hydrogens (tertiary/aromatic N) is 3. The molecule has 7 nitrogen and oxygen atoms in total. The number of amides is 1. The molecule has 2 aromatic heterocycles. The average Bonchev–Trinajstić information content (AvgIpc) is 3.35. The molecule has 1 unspecified atom stereocenters. The van der Waals surface area contributed by atoms with Gasteiger partial charge in [-0.2, -0.15) is 5.10 Å². The monoisotopic (exact) mass is 412 g/mol. The highest BCUT2D eigenvalue weighted by atomic mass is 16.5. The fraction of sp³-hybridized carbons (Fsp3) is 0.125. The van der Waals surface area contributed by atoms with E-state index in [-0.39, 0.29) is 11.7 Å². The molecule has 0 aliphatic carbocycles. The molecule has 5 rings (SSSR count). The normalized spacial score (nSPS) is 15.2. The zero-order valence-corrected chi connectivity index (χ0v) is 16.8. The maximum atomic E-state index is 13.4. The van der Waals surface area contributed by atoms with E-state index in [4.69, 9.17) is 4.74 Å². The molecule has 0 radical (unpaired) electrons. The largest absolute Gasteiger partial charge is 0.504 e. The Bertz CT molecular complexity index is 1240. The number of nitrogens with one attached hydrogen (secondary N) is 1. The van der Waals surface area contributed by atoms with E-state index >= 15 is 0 Å². The second-order valence-corrected chi connectivity index (χ2v) is 7.36. The number of H-pyrrole nitrogens is 1. The van der Waals surface area contributed by atoms with Crippen LogP contribution in [0.1, 0.15) is 33.2 Å². The summed E-state index contributed by atoms with van der Waals surface area (Å²) in [6.45, 7) is 0.386. The van der Waals surface area contributed by atoms with Crippen LogP contribution in [0.2, 0.25) is 0 Å². The first kappa shape index (κ1) is 18.9. The molecule has 4 aromatic rings. The second-order valence-electron chi connectivity index (χ2n) is 7.36. The van der Waals surface area contributed by atoms with Crippen molar-refractivity contribution in [3.63, 3.8) is 0 Å². The lowest BCUT2D eigenvalue weighted by Crippen LogP contribution is -2.29. The van der Waals surface area contributed by atoms with E-state index in [2.05, 4.69) is 15.2 Å². The molecule has 0 saturated heterocycles. The number of methoxy groups -OCH3 is 1. The predicted molar refractivity (Wildman–Crippen MR) is 115 cm³/mol. The Labute approximate surface area is 179 Å². The lowest BCUT2D eigenvalue weighted by Gasteiger charge is -2.26. The number of phenols is 1. The average molecular weight is 412 g/mol. The number of fused-ring (bicyclic) bond motifs is 1.